The summed E-state index contributed by atoms with van der Waals surface area (Å²) < 4.78 is 0. The highest BCUT2D eigenvalue weighted by atomic mass is 31.1. The number of hydrogen-bond donors (Lipinski definition) is 0. The van der Waals surface area contributed by atoms with Crippen molar-refractivity contribution in [3.8, 4) is 11.1 Å². The third-order valence-corrected chi connectivity index (χ3v) is 11.8. The SMILES string of the molecule is c1ccc([C@@H]2c3ccc4ccccc4c3-c3c(ccc4ccccc34)[C@H](c3ccccc3)P2c2ccccc2)cc1. The molecule has 0 amide bonds. The summed E-state index contributed by atoms with van der Waals surface area (Å²) in [5, 5.41) is 6.68. The van der Waals surface area contributed by atoms with Gasteiger partial charge >= 0.3 is 0 Å². The second-order valence-corrected chi connectivity index (χ2v) is 13.2. The first kappa shape index (κ1) is 24.3. The highest BCUT2D eigenvalue weighted by molar-refractivity contribution is 7.66. The van der Waals surface area contributed by atoms with Gasteiger partial charge in [0.25, 0.3) is 0 Å². The van der Waals surface area contributed by atoms with Crippen molar-refractivity contribution in [3.63, 3.8) is 0 Å². The van der Waals surface area contributed by atoms with Gasteiger partial charge in [0.15, 0.2) is 0 Å². The first-order valence-electron chi connectivity index (χ1n) is 14.4. The molecule has 194 valence electrons. The van der Waals surface area contributed by atoms with Crippen LogP contribution in [0, 0.1) is 0 Å². The molecule has 1 unspecified atom stereocenters. The van der Waals surface area contributed by atoms with E-state index in [2.05, 4.69) is 164 Å². The van der Waals surface area contributed by atoms with E-state index in [1.54, 1.807) is 0 Å². The predicted molar refractivity (Wildman–Crippen MR) is 176 cm³/mol. The summed E-state index contributed by atoms with van der Waals surface area (Å²) >= 11 is 0. The van der Waals surface area contributed by atoms with Crippen molar-refractivity contribution in [2.24, 2.45) is 0 Å². The van der Waals surface area contributed by atoms with E-state index in [4.69, 9.17) is 0 Å². The number of rotatable bonds is 3. The van der Waals surface area contributed by atoms with E-state index >= 15 is 0 Å². The van der Waals surface area contributed by atoms with Crippen LogP contribution in [0.2, 0.25) is 0 Å². The lowest BCUT2D eigenvalue weighted by Crippen LogP contribution is -2.14. The largest absolute Gasteiger partial charge is 0.0622 e. The summed E-state index contributed by atoms with van der Waals surface area (Å²) in [5.74, 6) is 0. The summed E-state index contributed by atoms with van der Waals surface area (Å²) in [6.45, 7) is 0. The molecule has 0 radical (unpaired) electrons. The monoisotopic (exact) mass is 540 g/mol. The summed E-state index contributed by atoms with van der Waals surface area (Å²) in [4.78, 5) is 0. The molecule has 3 atom stereocenters. The molecule has 0 nitrogen and oxygen atoms in total. The first-order valence-corrected chi connectivity index (χ1v) is 15.8. The van der Waals surface area contributed by atoms with Crippen LogP contribution in [0.1, 0.15) is 33.6 Å². The maximum atomic E-state index is 2.44. The quantitative estimate of drug-likeness (QED) is 0.196. The fraction of sp³-hybridized carbons (Fsp3) is 0.0500. The summed E-state index contributed by atoms with van der Waals surface area (Å²) in [5.41, 5.74) is 8.88. The van der Waals surface area contributed by atoms with Gasteiger partial charge in [0, 0.05) is 11.3 Å². The van der Waals surface area contributed by atoms with Gasteiger partial charge in [-0.25, -0.2) is 0 Å². The van der Waals surface area contributed by atoms with Crippen molar-refractivity contribution >= 4 is 34.8 Å². The Bertz CT molecular complexity index is 1870. The molecule has 1 heteroatoms. The van der Waals surface area contributed by atoms with Crippen LogP contribution >= 0.6 is 7.92 Å². The van der Waals surface area contributed by atoms with Gasteiger partial charge in [-0.1, -0.05) is 172 Å². The lowest BCUT2D eigenvalue weighted by molar-refractivity contribution is 1.09. The fourth-order valence-electron chi connectivity index (χ4n) is 6.89. The van der Waals surface area contributed by atoms with Crippen LogP contribution in [0.15, 0.2) is 164 Å². The molecular formula is C40H29P. The average Bonchev–Trinajstić information content (AvgIpc) is 3.19. The Morgan fingerprint density at radius 3 is 1.20 bits per heavy atom. The maximum Gasteiger partial charge on any atom is 0.0347 e. The molecule has 0 aromatic heterocycles. The molecule has 7 aromatic rings. The Morgan fingerprint density at radius 1 is 0.341 bits per heavy atom. The first-order chi connectivity index (χ1) is 20.4. The third-order valence-electron chi connectivity index (χ3n) is 8.60. The highest BCUT2D eigenvalue weighted by Crippen LogP contribution is 2.69. The second-order valence-electron chi connectivity index (χ2n) is 10.9. The van der Waals surface area contributed by atoms with Crippen LogP contribution in [0.4, 0.5) is 0 Å². The normalized spacial score (nSPS) is 18.0. The molecule has 0 aliphatic carbocycles. The number of benzene rings is 7. The van der Waals surface area contributed by atoms with Gasteiger partial charge in [-0.15, -0.1) is 0 Å². The van der Waals surface area contributed by atoms with Gasteiger partial charge in [0.1, 0.15) is 0 Å². The predicted octanol–water partition coefficient (Wildman–Crippen LogP) is 10.7. The summed E-state index contributed by atoms with van der Waals surface area (Å²) in [6, 6.07) is 61.3. The van der Waals surface area contributed by atoms with Crippen molar-refractivity contribution in [2.45, 2.75) is 11.3 Å². The van der Waals surface area contributed by atoms with E-state index < -0.39 is 7.92 Å². The zero-order chi connectivity index (χ0) is 27.2. The summed E-state index contributed by atoms with van der Waals surface area (Å²) in [7, 11) is -0.757. The minimum atomic E-state index is -0.757. The molecule has 1 heterocycles. The van der Waals surface area contributed by atoms with Gasteiger partial charge < -0.3 is 0 Å². The zero-order valence-corrected chi connectivity index (χ0v) is 23.6. The van der Waals surface area contributed by atoms with Crippen LogP contribution in [-0.2, 0) is 0 Å². The molecule has 1 aliphatic heterocycles. The van der Waals surface area contributed by atoms with E-state index in [-0.39, 0.29) is 11.3 Å². The smallest absolute Gasteiger partial charge is 0.0347 e. The Labute approximate surface area is 242 Å². The molecule has 41 heavy (non-hydrogen) atoms. The van der Waals surface area contributed by atoms with Crippen LogP contribution in [0.5, 0.6) is 0 Å². The minimum absolute atomic E-state index is 0.226. The van der Waals surface area contributed by atoms with E-state index in [1.165, 1.54) is 60.2 Å². The zero-order valence-electron chi connectivity index (χ0n) is 22.7. The van der Waals surface area contributed by atoms with Gasteiger partial charge in [0.2, 0.25) is 0 Å². The van der Waals surface area contributed by atoms with E-state index in [0.29, 0.717) is 0 Å². The van der Waals surface area contributed by atoms with Gasteiger partial charge in [-0.3, -0.25) is 0 Å². The molecule has 7 aromatic carbocycles. The highest BCUT2D eigenvalue weighted by Gasteiger charge is 2.40. The number of fused-ring (bicyclic) bond motifs is 7. The summed E-state index contributed by atoms with van der Waals surface area (Å²) in [6.07, 6.45) is 0. The maximum absolute atomic E-state index is 2.44. The number of hydrogen-bond acceptors (Lipinski definition) is 0. The lowest BCUT2D eigenvalue weighted by atomic mass is 9.84. The van der Waals surface area contributed by atoms with Crippen LogP contribution in [0.25, 0.3) is 32.7 Å². The standard InChI is InChI=1S/C40H29P/c1-4-16-30(17-5-1)39-35-26-24-28-14-10-12-22-33(28)37(35)38-34-23-13-11-15-29(34)25-27-36(38)40(31-18-6-2-7-19-31)41(39)32-20-8-3-9-21-32/h1-27,39-40H/t39-,40+,41?. The van der Waals surface area contributed by atoms with Crippen LogP contribution in [-0.4, -0.2) is 0 Å². The van der Waals surface area contributed by atoms with Crippen LogP contribution < -0.4 is 5.30 Å². The van der Waals surface area contributed by atoms with Crippen molar-refractivity contribution < 1.29 is 0 Å². The Morgan fingerprint density at radius 2 is 0.732 bits per heavy atom. The molecular weight excluding hydrogens is 511 g/mol. The van der Waals surface area contributed by atoms with Crippen molar-refractivity contribution in [1.82, 2.24) is 0 Å². The van der Waals surface area contributed by atoms with Crippen molar-refractivity contribution in [1.29, 1.82) is 0 Å². The fourth-order valence-corrected chi connectivity index (χ4v) is 10.3. The van der Waals surface area contributed by atoms with Gasteiger partial charge in [-0.2, -0.15) is 0 Å². The molecule has 1 aliphatic rings. The topological polar surface area (TPSA) is 0 Å². The lowest BCUT2D eigenvalue weighted by Gasteiger charge is -2.35. The van der Waals surface area contributed by atoms with Crippen molar-refractivity contribution in [2.75, 3.05) is 0 Å². The minimum Gasteiger partial charge on any atom is -0.0622 e. The van der Waals surface area contributed by atoms with Gasteiger partial charge in [0.05, 0.1) is 0 Å². The van der Waals surface area contributed by atoms with Gasteiger partial charge in [-0.05, 0) is 60.2 Å². The Hall–Kier alpha value is -4.51. The molecule has 0 saturated carbocycles. The second kappa shape index (κ2) is 10.2. The van der Waals surface area contributed by atoms with Crippen molar-refractivity contribution in [3.05, 3.63) is 186 Å². The molecule has 0 spiro atoms. The average molecular weight is 541 g/mol. The van der Waals surface area contributed by atoms with Crippen LogP contribution in [0.3, 0.4) is 0 Å². The molecule has 0 saturated heterocycles. The molecule has 8 rings (SSSR count). The Balaban J connectivity index is 1.60. The molecule has 0 bridgehead atoms. The Kier molecular flexibility index (Phi) is 6.02. The third kappa shape index (κ3) is 4.02. The van der Waals surface area contributed by atoms with E-state index in [9.17, 15) is 0 Å². The van der Waals surface area contributed by atoms with E-state index in [0.717, 1.165) is 0 Å². The molecule has 0 fully saturated rings. The molecule has 0 N–H and O–H groups in total. The van der Waals surface area contributed by atoms with E-state index in [1.807, 2.05) is 0 Å².